The SMILES string of the molecule is COc1ccc([C@@H](NC(=O)c2cccc(C)n2)C2CC(O)C2)cn1. The summed E-state index contributed by atoms with van der Waals surface area (Å²) in [7, 11) is 1.56. The smallest absolute Gasteiger partial charge is 0.270 e. The van der Waals surface area contributed by atoms with Gasteiger partial charge in [-0.05, 0) is 43.4 Å². The number of pyridine rings is 2. The second kappa shape index (κ2) is 6.97. The van der Waals surface area contributed by atoms with Crippen molar-refractivity contribution in [3.8, 4) is 5.88 Å². The van der Waals surface area contributed by atoms with Gasteiger partial charge in [-0.25, -0.2) is 9.97 Å². The largest absolute Gasteiger partial charge is 0.481 e. The van der Waals surface area contributed by atoms with Crippen LogP contribution in [0.15, 0.2) is 36.5 Å². The van der Waals surface area contributed by atoms with E-state index < -0.39 is 0 Å². The Kier molecular flexibility index (Phi) is 4.76. The van der Waals surface area contributed by atoms with Crippen LogP contribution in [0.4, 0.5) is 0 Å². The van der Waals surface area contributed by atoms with Crippen LogP contribution in [0.25, 0.3) is 0 Å². The number of rotatable bonds is 5. The summed E-state index contributed by atoms with van der Waals surface area (Å²) in [5.41, 5.74) is 2.08. The first-order valence-corrected chi connectivity index (χ1v) is 7.99. The van der Waals surface area contributed by atoms with Gasteiger partial charge in [-0.1, -0.05) is 12.1 Å². The highest BCUT2D eigenvalue weighted by Gasteiger charge is 2.36. The number of carbonyl (C=O) groups is 1. The predicted molar refractivity (Wildman–Crippen MR) is 88.7 cm³/mol. The number of hydrogen-bond donors (Lipinski definition) is 2. The van der Waals surface area contributed by atoms with Gasteiger partial charge in [-0.2, -0.15) is 0 Å². The minimum atomic E-state index is -0.294. The number of aliphatic hydroxyl groups is 1. The number of hydrogen-bond acceptors (Lipinski definition) is 5. The molecule has 6 heteroatoms. The lowest BCUT2D eigenvalue weighted by Gasteiger charge is -2.38. The summed E-state index contributed by atoms with van der Waals surface area (Å²) in [6.07, 6.45) is 2.74. The van der Waals surface area contributed by atoms with Crippen molar-refractivity contribution in [2.75, 3.05) is 7.11 Å². The maximum atomic E-state index is 12.5. The summed E-state index contributed by atoms with van der Waals surface area (Å²) in [4.78, 5) is 21.0. The molecule has 0 spiro atoms. The van der Waals surface area contributed by atoms with E-state index in [4.69, 9.17) is 4.74 Å². The van der Waals surface area contributed by atoms with Gasteiger partial charge in [0, 0.05) is 18.0 Å². The molecule has 1 atom stereocenters. The molecule has 2 heterocycles. The van der Waals surface area contributed by atoms with Crippen molar-refractivity contribution in [2.45, 2.75) is 31.9 Å². The van der Waals surface area contributed by atoms with E-state index in [0.717, 1.165) is 11.3 Å². The van der Waals surface area contributed by atoms with Gasteiger partial charge >= 0.3 is 0 Å². The van der Waals surface area contributed by atoms with Crippen molar-refractivity contribution in [3.63, 3.8) is 0 Å². The summed E-state index contributed by atoms with van der Waals surface area (Å²) >= 11 is 0. The third-order valence-corrected chi connectivity index (χ3v) is 4.36. The molecular formula is C18H21N3O3. The van der Waals surface area contributed by atoms with E-state index in [1.807, 2.05) is 25.1 Å². The van der Waals surface area contributed by atoms with Crippen LogP contribution in [0.5, 0.6) is 5.88 Å². The first-order chi connectivity index (χ1) is 11.6. The lowest BCUT2D eigenvalue weighted by atomic mass is 9.75. The van der Waals surface area contributed by atoms with E-state index in [0.29, 0.717) is 24.4 Å². The molecule has 0 bridgehead atoms. The minimum Gasteiger partial charge on any atom is -0.481 e. The highest BCUT2D eigenvalue weighted by atomic mass is 16.5. The lowest BCUT2D eigenvalue weighted by Crippen LogP contribution is -2.41. The molecule has 126 valence electrons. The van der Waals surface area contributed by atoms with Gasteiger partial charge in [0.1, 0.15) is 5.69 Å². The quantitative estimate of drug-likeness (QED) is 0.878. The van der Waals surface area contributed by atoms with Crippen LogP contribution in [0.1, 0.15) is 40.6 Å². The summed E-state index contributed by atoms with van der Waals surface area (Å²) in [5.74, 6) is 0.489. The van der Waals surface area contributed by atoms with E-state index >= 15 is 0 Å². The number of aromatic nitrogens is 2. The first kappa shape index (κ1) is 16.4. The molecule has 1 aliphatic rings. The Balaban J connectivity index is 1.80. The molecule has 0 saturated heterocycles. The topological polar surface area (TPSA) is 84.3 Å². The van der Waals surface area contributed by atoms with E-state index in [2.05, 4.69) is 15.3 Å². The molecule has 2 aromatic heterocycles. The average Bonchev–Trinajstić information content (AvgIpc) is 2.57. The molecule has 2 N–H and O–H groups in total. The summed E-state index contributed by atoms with van der Waals surface area (Å²) < 4.78 is 5.08. The van der Waals surface area contributed by atoms with Gasteiger partial charge < -0.3 is 15.2 Å². The molecule has 0 aliphatic heterocycles. The van der Waals surface area contributed by atoms with Crippen LogP contribution in [0, 0.1) is 12.8 Å². The number of amides is 1. The minimum absolute atomic E-state index is 0.184. The Morgan fingerprint density at radius 3 is 2.71 bits per heavy atom. The maximum Gasteiger partial charge on any atom is 0.270 e. The van der Waals surface area contributed by atoms with Crippen molar-refractivity contribution in [2.24, 2.45) is 5.92 Å². The number of aliphatic hydroxyl groups excluding tert-OH is 1. The number of aryl methyl sites for hydroxylation is 1. The fourth-order valence-corrected chi connectivity index (χ4v) is 2.96. The van der Waals surface area contributed by atoms with Gasteiger partial charge in [-0.3, -0.25) is 4.79 Å². The molecule has 1 aliphatic carbocycles. The molecular weight excluding hydrogens is 306 g/mol. The number of nitrogens with zero attached hydrogens (tertiary/aromatic N) is 2. The molecule has 1 amide bonds. The van der Waals surface area contributed by atoms with Crippen molar-refractivity contribution in [3.05, 3.63) is 53.5 Å². The van der Waals surface area contributed by atoms with Crippen LogP contribution in [-0.4, -0.2) is 34.2 Å². The monoisotopic (exact) mass is 327 g/mol. The fraction of sp³-hybridized carbons (Fsp3) is 0.389. The second-order valence-corrected chi connectivity index (χ2v) is 6.13. The zero-order valence-electron chi connectivity index (χ0n) is 13.8. The standard InChI is InChI=1S/C18H21N3O3/c1-11-4-3-5-15(20-11)18(23)21-17(13-8-14(22)9-13)12-6-7-16(24-2)19-10-12/h3-7,10,13-14,17,22H,8-9H2,1-2H3,(H,21,23)/t13?,14?,17-/m1/s1. The highest BCUT2D eigenvalue weighted by Crippen LogP contribution is 2.38. The van der Waals surface area contributed by atoms with E-state index in [9.17, 15) is 9.90 Å². The molecule has 2 aromatic rings. The van der Waals surface area contributed by atoms with Crippen molar-refractivity contribution >= 4 is 5.91 Å². The predicted octanol–water partition coefficient (Wildman–Crippen LogP) is 2.04. The Morgan fingerprint density at radius 1 is 1.33 bits per heavy atom. The van der Waals surface area contributed by atoms with Crippen molar-refractivity contribution in [1.82, 2.24) is 15.3 Å². The number of nitrogens with one attached hydrogen (secondary N) is 1. The summed E-state index contributed by atoms with van der Waals surface area (Å²) in [6, 6.07) is 8.82. The van der Waals surface area contributed by atoms with Gasteiger partial charge in [0.2, 0.25) is 5.88 Å². The van der Waals surface area contributed by atoms with Crippen LogP contribution < -0.4 is 10.1 Å². The summed E-state index contributed by atoms with van der Waals surface area (Å²) in [6.45, 7) is 1.85. The molecule has 0 unspecified atom stereocenters. The number of methoxy groups -OCH3 is 1. The fourth-order valence-electron chi connectivity index (χ4n) is 2.96. The molecule has 1 fully saturated rings. The third-order valence-electron chi connectivity index (χ3n) is 4.36. The molecule has 24 heavy (non-hydrogen) atoms. The second-order valence-electron chi connectivity index (χ2n) is 6.13. The normalized spacial score (nSPS) is 20.8. The van der Waals surface area contributed by atoms with Gasteiger partial charge in [0.05, 0.1) is 19.3 Å². The Hall–Kier alpha value is -2.47. The van der Waals surface area contributed by atoms with Crippen molar-refractivity contribution in [1.29, 1.82) is 0 Å². The lowest BCUT2D eigenvalue weighted by molar-refractivity contribution is 0.0234. The van der Waals surface area contributed by atoms with Crippen LogP contribution >= 0.6 is 0 Å². The molecule has 3 rings (SSSR count). The van der Waals surface area contributed by atoms with Gasteiger partial charge in [0.15, 0.2) is 0 Å². The zero-order chi connectivity index (χ0) is 17.1. The van der Waals surface area contributed by atoms with E-state index in [1.54, 1.807) is 25.4 Å². The zero-order valence-corrected chi connectivity index (χ0v) is 13.8. The van der Waals surface area contributed by atoms with Crippen molar-refractivity contribution < 1.29 is 14.6 Å². The average molecular weight is 327 g/mol. The van der Waals surface area contributed by atoms with E-state index in [-0.39, 0.29) is 24.0 Å². The Labute approximate surface area is 140 Å². The Morgan fingerprint density at radius 2 is 2.12 bits per heavy atom. The number of carbonyl (C=O) groups excluding carboxylic acids is 1. The highest BCUT2D eigenvalue weighted by molar-refractivity contribution is 5.92. The van der Waals surface area contributed by atoms with E-state index in [1.165, 1.54) is 0 Å². The maximum absolute atomic E-state index is 12.5. The van der Waals surface area contributed by atoms with Crippen LogP contribution in [0.2, 0.25) is 0 Å². The van der Waals surface area contributed by atoms with Gasteiger partial charge in [-0.15, -0.1) is 0 Å². The first-order valence-electron chi connectivity index (χ1n) is 7.99. The summed E-state index contributed by atoms with van der Waals surface area (Å²) in [5, 5.41) is 12.7. The molecule has 6 nitrogen and oxygen atoms in total. The molecule has 1 saturated carbocycles. The molecule has 0 aromatic carbocycles. The van der Waals surface area contributed by atoms with Gasteiger partial charge in [0.25, 0.3) is 5.91 Å². The third kappa shape index (κ3) is 3.54. The Bertz CT molecular complexity index is 712. The molecule has 0 radical (unpaired) electrons. The van der Waals surface area contributed by atoms with Crippen LogP contribution in [-0.2, 0) is 0 Å². The van der Waals surface area contributed by atoms with Crippen LogP contribution in [0.3, 0.4) is 0 Å². The number of ether oxygens (including phenoxy) is 1.